The van der Waals surface area contributed by atoms with Crippen molar-refractivity contribution >= 4 is 11.6 Å². The summed E-state index contributed by atoms with van der Waals surface area (Å²) in [5.74, 6) is -5.65. The van der Waals surface area contributed by atoms with Gasteiger partial charge in [0.25, 0.3) is 18.8 Å². The van der Waals surface area contributed by atoms with E-state index in [1.807, 2.05) is 0 Å². The molecule has 1 aliphatic heterocycles. The zero-order valence-corrected chi connectivity index (χ0v) is 14.3. The first-order valence-corrected chi connectivity index (χ1v) is 7.91. The number of hydrogen-bond acceptors (Lipinski definition) is 4. The van der Waals surface area contributed by atoms with Crippen molar-refractivity contribution in [2.24, 2.45) is 5.10 Å². The number of nitrogens with zero attached hydrogens (tertiary/aromatic N) is 2. The molecular weight excluding hydrogens is 420 g/mol. The largest absolute Gasteiger partial charge is 0.370 e. The summed E-state index contributed by atoms with van der Waals surface area (Å²) in [6.07, 6.45) is -12.0. The van der Waals surface area contributed by atoms with E-state index in [2.05, 4.69) is 9.84 Å². The van der Waals surface area contributed by atoms with E-state index in [1.54, 1.807) is 0 Å². The van der Waals surface area contributed by atoms with Gasteiger partial charge < -0.3 is 9.84 Å². The molecule has 0 aromatic heterocycles. The number of amides is 1. The molecule has 1 atom stereocenters. The van der Waals surface area contributed by atoms with Gasteiger partial charge in [0.15, 0.2) is 0 Å². The van der Waals surface area contributed by atoms with Gasteiger partial charge >= 0.3 is 12.3 Å². The van der Waals surface area contributed by atoms with Gasteiger partial charge in [-0.1, -0.05) is 12.1 Å². The summed E-state index contributed by atoms with van der Waals surface area (Å²) in [7, 11) is 0. The first-order valence-electron chi connectivity index (χ1n) is 7.91. The van der Waals surface area contributed by atoms with Crippen molar-refractivity contribution in [2.45, 2.75) is 44.0 Å². The summed E-state index contributed by atoms with van der Waals surface area (Å²) in [5.41, 5.74) is -4.49. The van der Waals surface area contributed by atoms with E-state index < -0.39 is 62.2 Å². The zero-order chi connectivity index (χ0) is 22.0. The monoisotopic (exact) mass is 434 g/mol. The van der Waals surface area contributed by atoms with Crippen LogP contribution in [0.4, 0.5) is 35.1 Å². The summed E-state index contributed by atoms with van der Waals surface area (Å²) in [4.78, 5) is 12.3. The Hall–Kier alpha value is -2.28. The van der Waals surface area contributed by atoms with Crippen LogP contribution >= 0.6 is 0 Å². The molecule has 1 unspecified atom stereocenters. The number of benzene rings is 1. The van der Waals surface area contributed by atoms with Crippen molar-refractivity contribution in [3.05, 3.63) is 35.4 Å². The fourth-order valence-corrected chi connectivity index (χ4v) is 2.34. The SMILES string of the molecule is O=C(c1ccc(COCC(F)(F)C(F)F)cc1)N1N=C(C(F)F)CC1(O)C(F)F. The Balaban J connectivity index is 2.09. The summed E-state index contributed by atoms with van der Waals surface area (Å²) < 4.78 is 106. The Kier molecular flexibility index (Phi) is 6.83. The number of rotatable bonds is 8. The number of alkyl halides is 8. The molecule has 1 aliphatic rings. The molecule has 0 fully saturated rings. The molecule has 162 valence electrons. The molecule has 1 N–H and O–H groups in total. The van der Waals surface area contributed by atoms with Crippen molar-refractivity contribution in [1.29, 1.82) is 0 Å². The summed E-state index contributed by atoms with van der Waals surface area (Å²) in [6, 6.07) is 4.33. The number of halogens is 8. The fraction of sp³-hybridized carbons (Fsp3) is 0.500. The van der Waals surface area contributed by atoms with Gasteiger partial charge in [-0.2, -0.15) is 18.9 Å². The van der Waals surface area contributed by atoms with Crippen LogP contribution in [0.25, 0.3) is 0 Å². The lowest BCUT2D eigenvalue weighted by molar-refractivity contribution is -0.168. The minimum Gasteiger partial charge on any atom is -0.370 e. The van der Waals surface area contributed by atoms with Crippen LogP contribution in [-0.2, 0) is 11.3 Å². The molecule has 0 bridgehead atoms. The highest BCUT2D eigenvalue weighted by molar-refractivity contribution is 5.99. The molecule has 13 heteroatoms. The highest BCUT2D eigenvalue weighted by atomic mass is 19.3. The van der Waals surface area contributed by atoms with Crippen LogP contribution in [0.1, 0.15) is 22.3 Å². The van der Waals surface area contributed by atoms with E-state index in [9.17, 15) is 45.0 Å². The van der Waals surface area contributed by atoms with Crippen molar-refractivity contribution in [3.63, 3.8) is 0 Å². The fourth-order valence-electron chi connectivity index (χ4n) is 2.34. The maximum Gasteiger partial charge on any atom is 0.330 e. The molecule has 5 nitrogen and oxygen atoms in total. The van der Waals surface area contributed by atoms with Crippen LogP contribution in [0.15, 0.2) is 29.4 Å². The van der Waals surface area contributed by atoms with Crippen LogP contribution in [0.2, 0.25) is 0 Å². The van der Waals surface area contributed by atoms with E-state index in [0.717, 1.165) is 24.3 Å². The Morgan fingerprint density at radius 1 is 1.17 bits per heavy atom. The first kappa shape index (κ1) is 23.0. The average molecular weight is 434 g/mol. The lowest BCUT2D eigenvalue weighted by Crippen LogP contribution is -2.51. The van der Waals surface area contributed by atoms with Gasteiger partial charge in [-0.3, -0.25) is 4.79 Å². The predicted octanol–water partition coefficient (Wildman–Crippen LogP) is 3.52. The molecule has 29 heavy (non-hydrogen) atoms. The average Bonchev–Trinajstić information content (AvgIpc) is 3.01. The molecule has 1 heterocycles. The van der Waals surface area contributed by atoms with Crippen molar-refractivity contribution in [3.8, 4) is 0 Å². The Morgan fingerprint density at radius 2 is 1.76 bits per heavy atom. The predicted molar refractivity (Wildman–Crippen MR) is 82.2 cm³/mol. The number of hydrazone groups is 1. The van der Waals surface area contributed by atoms with Crippen LogP contribution < -0.4 is 0 Å². The third kappa shape index (κ3) is 5.01. The zero-order valence-electron chi connectivity index (χ0n) is 14.3. The molecule has 1 amide bonds. The summed E-state index contributed by atoms with van der Waals surface area (Å²) in [5, 5.41) is 12.9. The minimum atomic E-state index is -4.34. The summed E-state index contributed by atoms with van der Waals surface area (Å²) in [6.45, 7) is -2.07. The number of ether oxygens (including phenoxy) is 1. The Morgan fingerprint density at radius 3 is 2.24 bits per heavy atom. The van der Waals surface area contributed by atoms with E-state index in [0.29, 0.717) is 0 Å². The van der Waals surface area contributed by atoms with Gasteiger partial charge in [0.1, 0.15) is 12.3 Å². The number of carbonyl (C=O) groups is 1. The maximum atomic E-state index is 13.2. The van der Waals surface area contributed by atoms with Crippen molar-refractivity contribution in [1.82, 2.24) is 5.01 Å². The molecule has 1 aromatic rings. The molecule has 2 rings (SSSR count). The topological polar surface area (TPSA) is 62.1 Å². The van der Waals surface area contributed by atoms with Crippen LogP contribution in [0, 0.1) is 0 Å². The number of hydrogen-bond donors (Lipinski definition) is 1. The molecule has 0 saturated carbocycles. The third-order valence-corrected chi connectivity index (χ3v) is 3.91. The van der Waals surface area contributed by atoms with Gasteiger partial charge in [0.2, 0.25) is 5.72 Å². The number of aliphatic hydroxyl groups is 1. The second-order valence-corrected chi connectivity index (χ2v) is 6.12. The van der Waals surface area contributed by atoms with Crippen molar-refractivity contribution in [2.75, 3.05) is 6.61 Å². The maximum absolute atomic E-state index is 13.2. The second kappa shape index (κ2) is 8.61. The highest BCUT2D eigenvalue weighted by Gasteiger charge is 2.53. The van der Waals surface area contributed by atoms with Gasteiger partial charge in [0, 0.05) is 12.0 Å². The van der Waals surface area contributed by atoms with E-state index in [-0.39, 0.29) is 16.1 Å². The van der Waals surface area contributed by atoms with Gasteiger partial charge in [-0.25, -0.2) is 26.3 Å². The Labute approximate surface area is 158 Å². The standard InChI is InChI=1S/C16H14F8N2O3/c17-11(18)10-5-16(28,14(21)22)26(25-10)12(27)9-3-1-8(2-4-9)6-29-7-15(23,24)13(19)20/h1-4,11,13-14,28H,5-7H2. The molecule has 0 radical (unpaired) electrons. The normalized spacial score (nSPS) is 20.1. The smallest absolute Gasteiger partial charge is 0.330 e. The van der Waals surface area contributed by atoms with Crippen molar-refractivity contribution < 1.29 is 49.8 Å². The molecular formula is C16H14F8N2O3. The second-order valence-electron chi connectivity index (χ2n) is 6.12. The van der Waals surface area contributed by atoms with E-state index in [4.69, 9.17) is 0 Å². The number of carbonyl (C=O) groups excluding carboxylic acids is 1. The van der Waals surface area contributed by atoms with E-state index in [1.165, 1.54) is 0 Å². The molecule has 0 saturated heterocycles. The first-order chi connectivity index (χ1) is 13.4. The van der Waals surface area contributed by atoms with Gasteiger partial charge in [-0.05, 0) is 17.7 Å². The minimum absolute atomic E-state index is 0.131. The van der Waals surface area contributed by atoms with Gasteiger partial charge in [0.05, 0.1) is 6.61 Å². The van der Waals surface area contributed by atoms with E-state index >= 15 is 0 Å². The third-order valence-electron chi connectivity index (χ3n) is 3.91. The Bertz CT molecular complexity index is 757. The molecule has 0 spiro atoms. The molecule has 0 aliphatic carbocycles. The summed E-state index contributed by atoms with van der Waals surface area (Å²) >= 11 is 0. The lowest BCUT2D eigenvalue weighted by Gasteiger charge is -2.30. The van der Waals surface area contributed by atoms with Crippen LogP contribution in [-0.4, -0.2) is 59.3 Å². The van der Waals surface area contributed by atoms with Crippen LogP contribution in [0.5, 0.6) is 0 Å². The highest BCUT2D eigenvalue weighted by Crippen LogP contribution is 2.34. The quantitative estimate of drug-likeness (QED) is 0.637. The lowest BCUT2D eigenvalue weighted by atomic mass is 10.1. The van der Waals surface area contributed by atoms with Crippen LogP contribution in [0.3, 0.4) is 0 Å². The van der Waals surface area contributed by atoms with Gasteiger partial charge in [-0.15, -0.1) is 0 Å². The molecule has 1 aromatic carbocycles.